The number of rotatable bonds is 6. The van der Waals surface area contributed by atoms with Crippen LogP contribution < -0.4 is 10.6 Å². The zero-order valence-corrected chi connectivity index (χ0v) is 17.5. The Bertz CT molecular complexity index is 1010. The first-order valence-electron chi connectivity index (χ1n) is 9.89. The van der Waals surface area contributed by atoms with Gasteiger partial charge in [0, 0.05) is 12.1 Å². The van der Waals surface area contributed by atoms with Crippen LogP contribution in [0.2, 0.25) is 0 Å². The van der Waals surface area contributed by atoms with Gasteiger partial charge in [-0.1, -0.05) is 45.0 Å². The van der Waals surface area contributed by atoms with E-state index in [-0.39, 0.29) is 23.8 Å². The van der Waals surface area contributed by atoms with Crippen LogP contribution in [-0.2, 0) is 23.3 Å². The van der Waals surface area contributed by atoms with E-state index in [1.54, 1.807) is 12.1 Å². The lowest BCUT2D eigenvalue weighted by atomic mass is 9.87. The molecule has 1 heterocycles. The smallest absolute Gasteiger partial charge is 0.251 e. The van der Waals surface area contributed by atoms with Crippen molar-refractivity contribution in [3.63, 3.8) is 0 Å². The van der Waals surface area contributed by atoms with Gasteiger partial charge in [-0.15, -0.1) is 0 Å². The number of nitrogens with zero attached hydrogens (tertiary/aromatic N) is 2. The minimum atomic E-state index is -0.263. The summed E-state index contributed by atoms with van der Waals surface area (Å²) in [5, 5.41) is 5.50. The normalized spacial score (nSPS) is 11.4. The molecule has 6 nitrogen and oxygen atoms in total. The van der Waals surface area contributed by atoms with Crippen LogP contribution in [0.25, 0.3) is 11.0 Å². The highest BCUT2D eigenvalue weighted by Crippen LogP contribution is 2.22. The van der Waals surface area contributed by atoms with Crippen LogP contribution in [0, 0.1) is 0 Å². The number of benzene rings is 2. The molecule has 0 aliphatic heterocycles. The molecule has 3 aromatic rings. The summed E-state index contributed by atoms with van der Waals surface area (Å²) >= 11 is 0. The van der Waals surface area contributed by atoms with E-state index in [4.69, 9.17) is 0 Å². The number of carbonyl (C=O) groups excluding carboxylic acids is 2. The van der Waals surface area contributed by atoms with Crippen molar-refractivity contribution in [2.24, 2.45) is 0 Å². The zero-order chi connectivity index (χ0) is 21.0. The predicted molar refractivity (Wildman–Crippen MR) is 115 cm³/mol. The van der Waals surface area contributed by atoms with Crippen molar-refractivity contribution in [2.75, 3.05) is 6.54 Å². The Morgan fingerprint density at radius 2 is 1.69 bits per heavy atom. The fourth-order valence-electron chi connectivity index (χ4n) is 3.24. The highest BCUT2D eigenvalue weighted by atomic mass is 16.2. The molecule has 0 saturated heterocycles. The molecule has 0 unspecified atom stereocenters. The SMILES string of the molecule is CCn1c(CNC(=O)CNC(=O)c2ccc(C(C)(C)C)cc2)nc2ccccc21. The molecule has 152 valence electrons. The molecular weight excluding hydrogens is 364 g/mol. The van der Waals surface area contributed by atoms with Crippen LogP contribution in [0.1, 0.15) is 49.4 Å². The Kier molecular flexibility index (Phi) is 6.01. The van der Waals surface area contributed by atoms with Crippen molar-refractivity contribution in [1.29, 1.82) is 0 Å². The van der Waals surface area contributed by atoms with Crippen LogP contribution in [-0.4, -0.2) is 27.9 Å². The van der Waals surface area contributed by atoms with Crippen molar-refractivity contribution in [2.45, 2.75) is 46.2 Å². The summed E-state index contributed by atoms with van der Waals surface area (Å²) in [5.41, 5.74) is 3.69. The highest BCUT2D eigenvalue weighted by Gasteiger charge is 2.15. The lowest BCUT2D eigenvalue weighted by Crippen LogP contribution is -2.37. The lowest BCUT2D eigenvalue weighted by Gasteiger charge is -2.19. The summed E-state index contributed by atoms with van der Waals surface area (Å²) in [6.07, 6.45) is 0. The van der Waals surface area contributed by atoms with E-state index in [1.165, 1.54) is 0 Å². The van der Waals surface area contributed by atoms with Crippen LogP contribution >= 0.6 is 0 Å². The van der Waals surface area contributed by atoms with E-state index in [0.29, 0.717) is 12.1 Å². The molecule has 0 aliphatic carbocycles. The van der Waals surface area contributed by atoms with Crippen LogP contribution in [0.15, 0.2) is 48.5 Å². The molecule has 29 heavy (non-hydrogen) atoms. The monoisotopic (exact) mass is 392 g/mol. The van der Waals surface area contributed by atoms with Gasteiger partial charge >= 0.3 is 0 Å². The minimum absolute atomic E-state index is 0.0316. The first kappa shape index (κ1) is 20.6. The molecule has 0 spiro atoms. The number of fused-ring (bicyclic) bond motifs is 1. The predicted octanol–water partition coefficient (Wildman–Crippen LogP) is 3.40. The average Bonchev–Trinajstić information content (AvgIpc) is 3.07. The largest absolute Gasteiger partial charge is 0.347 e. The van der Waals surface area contributed by atoms with E-state index < -0.39 is 0 Å². The number of imidazole rings is 1. The number of nitrogens with one attached hydrogen (secondary N) is 2. The molecular formula is C23H28N4O2. The van der Waals surface area contributed by atoms with E-state index >= 15 is 0 Å². The van der Waals surface area contributed by atoms with Gasteiger partial charge in [0.1, 0.15) is 5.82 Å². The first-order valence-corrected chi connectivity index (χ1v) is 9.89. The first-order chi connectivity index (χ1) is 13.8. The molecule has 0 fully saturated rings. The summed E-state index contributed by atoms with van der Waals surface area (Å²) in [6, 6.07) is 15.4. The molecule has 2 amide bonds. The minimum Gasteiger partial charge on any atom is -0.347 e. The van der Waals surface area contributed by atoms with Crippen molar-refractivity contribution in [1.82, 2.24) is 20.2 Å². The molecule has 2 N–H and O–H groups in total. The number of hydrogen-bond acceptors (Lipinski definition) is 3. The molecule has 0 saturated carbocycles. The third kappa shape index (κ3) is 4.83. The van der Waals surface area contributed by atoms with Gasteiger partial charge in [-0.25, -0.2) is 4.98 Å². The fourth-order valence-corrected chi connectivity index (χ4v) is 3.24. The summed E-state index contributed by atoms with van der Waals surface area (Å²) < 4.78 is 2.07. The van der Waals surface area contributed by atoms with E-state index in [2.05, 4.69) is 41.0 Å². The Labute approximate surface area is 171 Å². The fraction of sp³-hybridized carbons (Fsp3) is 0.348. The number of carbonyl (C=O) groups is 2. The van der Waals surface area contributed by atoms with Crippen molar-refractivity contribution < 1.29 is 9.59 Å². The second kappa shape index (κ2) is 8.47. The van der Waals surface area contributed by atoms with Gasteiger partial charge in [-0.3, -0.25) is 9.59 Å². The van der Waals surface area contributed by atoms with Gasteiger partial charge < -0.3 is 15.2 Å². The van der Waals surface area contributed by atoms with Crippen molar-refractivity contribution in [3.05, 3.63) is 65.5 Å². The summed E-state index contributed by atoms with van der Waals surface area (Å²) in [6.45, 7) is 9.43. The number of aryl methyl sites for hydroxylation is 1. The Morgan fingerprint density at radius 1 is 1.00 bits per heavy atom. The second-order valence-corrected chi connectivity index (χ2v) is 8.05. The number of hydrogen-bond donors (Lipinski definition) is 2. The summed E-state index contributed by atoms with van der Waals surface area (Å²) in [5.74, 6) is 0.284. The number of para-hydroxylation sites is 2. The van der Waals surface area contributed by atoms with Crippen LogP contribution in [0.5, 0.6) is 0 Å². The maximum absolute atomic E-state index is 12.3. The lowest BCUT2D eigenvalue weighted by molar-refractivity contribution is -0.120. The molecule has 0 aliphatic rings. The molecule has 2 aromatic carbocycles. The molecule has 3 rings (SSSR count). The van der Waals surface area contributed by atoms with E-state index in [0.717, 1.165) is 29.0 Å². The molecule has 0 bridgehead atoms. The van der Waals surface area contributed by atoms with Crippen LogP contribution in [0.4, 0.5) is 0 Å². The summed E-state index contributed by atoms with van der Waals surface area (Å²) in [4.78, 5) is 29.1. The third-order valence-corrected chi connectivity index (χ3v) is 4.92. The number of aromatic nitrogens is 2. The number of amides is 2. The maximum atomic E-state index is 12.3. The summed E-state index contributed by atoms with van der Waals surface area (Å²) in [7, 11) is 0. The molecule has 1 aromatic heterocycles. The molecule has 0 atom stereocenters. The average molecular weight is 393 g/mol. The maximum Gasteiger partial charge on any atom is 0.251 e. The third-order valence-electron chi connectivity index (χ3n) is 4.92. The topological polar surface area (TPSA) is 76.0 Å². The highest BCUT2D eigenvalue weighted by molar-refractivity contribution is 5.96. The zero-order valence-electron chi connectivity index (χ0n) is 17.5. The standard InChI is InChI=1S/C23H28N4O2/c1-5-27-19-9-7-6-8-18(19)26-20(27)14-24-21(28)15-25-22(29)16-10-12-17(13-11-16)23(2,3)4/h6-13H,5,14-15H2,1-4H3,(H,24,28)(H,25,29). The van der Waals surface area contributed by atoms with E-state index in [1.807, 2.05) is 43.3 Å². The van der Waals surface area contributed by atoms with Crippen molar-refractivity contribution >= 4 is 22.8 Å². The Morgan fingerprint density at radius 3 is 2.34 bits per heavy atom. The second-order valence-electron chi connectivity index (χ2n) is 8.05. The quantitative estimate of drug-likeness (QED) is 0.675. The Balaban J connectivity index is 1.54. The van der Waals surface area contributed by atoms with Crippen molar-refractivity contribution in [3.8, 4) is 0 Å². The van der Waals surface area contributed by atoms with Gasteiger partial charge in [-0.05, 0) is 42.2 Å². The Hall–Kier alpha value is -3.15. The van der Waals surface area contributed by atoms with Gasteiger partial charge in [0.15, 0.2) is 0 Å². The van der Waals surface area contributed by atoms with Crippen LogP contribution in [0.3, 0.4) is 0 Å². The van der Waals surface area contributed by atoms with Gasteiger partial charge in [0.25, 0.3) is 5.91 Å². The molecule has 0 radical (unpaired) electrons. The van der Waals surface area contributed by atoms with E-state index in [9.17, 15) is 9.59 Å². The van der Waals surface area contributed by atoms with Gasteiger partial charge in [0.2, 0.25) is 5.91 Å². The van der Waals surface area contributed by atoms with Gasteiger partial charge in [0.05, 0.1) is 24.1 Å². The van der Waals surface area contributed by atoms with Gasteiger partial charge in [-0.2, -0.15) is 0 Å². The molecule has 6 heteroatoms.